The molecule has 73 heavy (non-hydrogen) atoms. The van der Waals surface area contributed by atoms with Gasteiger partial charge < -0.3 is 28.5 Å². The summed E-state index contributed by atoms with van der Waals surface area (Å²) in [5, 5.41) is 3.01. The summed E-state index contributed by atoms with van der Waals surface area (Å²) >= 11 is 0. The number of phosphoric acid groups is 1. The molecule has 0 spiro atoms. The number of hydrogen-bond acceptors (Lipinski definition) is 7. The number of nitrogens with zero attached hydrogens (tertiary/aromatic N) is 1. The maximum atomic E-state index is 13.5. The predicted octanol–water partition coefficient (Wildman–Crippen LogP) is 17.6. The number of ether oxygens (including phenoxy) is 1. The van der Waals surface area contributed by atoms with Crippen LogP contribution >= 0.6 is 7.82 Å². The van der Waals surface area contributed by atoms with Gasteiger partial charge in [0.2, 0.25) is 5.91 Å². The molecule has 10 heteroatoms. The molecule has 0 aliphatic carbocycles. The van der Waals surface area contributed by atoms with Crippen molar-refractivity contribution in [3.8, 4) is 0 Å². The van der Waals surface area contributed by atoms with Crippen molar-refractivity contribution in [2.24, 2.45) is 0 Å². The molecule has 0 aromatic rings. The molecule has 0 aromatic heterocycles. The third-order valence-corrected chi connectivity index (χ3v) is 13.8. The predicted molar refractivity (Wildman–Crippen MR) is 311 cm³/mol. The van der Waals surface area contributed by atoms with Crippen molar-refractivity contribution in [3.63, 3.8) is 0 Å². The van der Waals surface area contributed by atoms with Crippen molar-refractivity contribution in [3.05, 3.63) is 85.1 Å². The third-order valence-electron chi connectivity index (χ3n) is 12.8. The Labute approximate surface area is 450 Å². The fourth-order valence-corrected chi connectivity index (χ4v) is 8.91. The molecule has 3 unspecified atom stereocenters. The fourth-order valence-electron chi connectivity index (χ4n) is 8.19. The van der Waals surface area contributed by atoms with Crippen molar-refractivity contribution >= 4 is 19.7 Å². The molecular formula is C63H113N2O7P. The molecule has 0 fully saturated rings. The standard InChI is InChI=1S/C63H113N2O7P/c1-7-10-13-16-19-22-25-27-29-31-32-34-36-38-41-44-47-50-53-56-63(67)72-61(54-51-48-45-42-39-24-21-18-15-12-9-3)60(59-71-73(68,69)70-58-57-65(4,5)6)64-62(66)55-52-49-46-43-40-37-35-33-30-28-26-23-20-17-14-11-8-2/h10,13,19,22,27-30,32,34,38,41,51,54,60-61H,7-9,11-12,14-18,20-21,23-26,31,33,35-37,39-40,42-50,52-53,55-59H2,1-6H3,(H-,64,66,68,69)/b13-10-,22-19-,29-27-,30-28+,34-32-,41-38-,54-51+. The molecule has 0 heterocycles. The molecule has 0 rings (SSSR count). The molecule has 0 saturated heterocycles. The van der Waals surface area contributed by atoms with Crippen LogP contribution in [0.3, 0.4) is 0 Å². The lowest BCUT2D eigenvalue weighted by molar-refractivity contribution is -0.870. The number of carbonyl (C=O) groups is 2. The van der Waals surface area contributed by atoms with Gasteiger partial charge in [-0.25, -0.2) is 0 Å². The number of amides is 1. The molecule has 0 aromatic carbocycles. The highest BCUT2D eigenvalue weighted by atomic mass is 31.2. The average Bonchev–Trinajstić information content (AvgIpc) is 3.35. The van der Waals surface area contributed by atoms with E-state index in [0.29, 0.717) is 23.9 Å². The zero-order chi connectivity index (χ0) is 53.6. The van der Waals surface area contributed by atoms with Crippen molar-refractivity contribution in [1.29, 1.82) is 0 Å². The van der Waals surface area contributed by atoms with Gasteiger partial charge in [0.15, 0.2) is 0 Å². The largest absolute Gasteiger partial charge is 0.756 e. The summed E-state index contributed by atoms with van der Waals surface area (Å²) in [7, 11) is 1.15. The molecule has 1 amide bonds. The van der Waals surface area contributed by atoms with E-state index in [4.69, 9.17) is 13.8 Å². The quantitative estimate of drug-likeness (QED) is 0.0212. The van der Waals surface area contributed by atoms with E-state index in [1.807, 2.05) is 33.3 Å². The SMILES string of the molecule is CC/C=C\C/C=C\C/C=C\C/C=C\C/C=C\CCCCCC(=O)OC(/C=C/CCCCCCCCCCC)C(COP(=O)([O-])OCC[N+](C)(C)C)NC(=O)CCCCCCCCC/C=C/CCCCCCCC. The number of carbonyl (C=O) groups excluding carboxylic acids is 2. The van der Waals surface area contributed by atoms with Crippen molar-refractivity contribution < 1.29 is 37.3 Å². The number of hydrogen-bond donors (Lipinski definition) is 1. The van der Waals surface area contributed by atoms with Gasteiger partial charge in [0.25, 0.3) is 7.82 Å². The Morgan fingerprint density at radius 1 is 0.493 bits per heavy atom. The second kappa shape index (κ2) is 52.6. The van der Waals surface area contributed by atoms with Crippen LogP contribution in [0.5, 0.6) is 0 Å². The number of allylic oxidation sites excluding steroid dienone is 13. The van der Waals surface area contributed by atoms with Gasteiger partial charge in [-0.3, -0.25) is 14.2 Å². The summed E-state index contributed by atoms with van der Waals surface area (Å²) in [5.74, 6) is -0.586. The first-order valence-corrected chi connectivity index (χ1v) is 31.4. The zero-order valence-corrected chi connectivity index (χ0v) is 49.0. The van der Waals surface area contributed by atoms with E-state index in [1.54, 1.807) is 0 Å². The Kier molecular flexibility index (Phi) is 50.6. The van der Waals surface area contributed by atoms with Crippen LogP contribution in [0.4, 0.5) is 0 Å². The third kappa shape index (κ3) is 53.8. The van der Waals surface area contributed by atoms with Gasteiger partial charge in [0, 0.05) is 12.8 Å². The summed E-state index contributed by atoms with van der Waals surface area (Å²) in [5.41, 5.74) is 0. The van der Waals surface area contributed by atoms with E-state index in [0.717, 1.165) is 103 Å². The Hall–Kier alpha value is -2.81. The minimum absolute atomic E-state index is 0.0319. The van der Waals surface area contributed by atoms with Gasteiger partial charge in [-0.05, 0) is 102 Å². The van der Waals surface area contributed by atoms with E-state index in [2.05, 4.69) is 99.0 Å². The first-order chi connectivity index (χ1) is 35.4. The summed E-state index contributed by atoms with van der Waals surface area (Å²) in [6, 6.07) is -0.907. The number of esters is 1. The van der Waals surface area contributed by atoms with E-state index in [1.165, 1.54) is 109 Å². The lowest BCUT2D eigenvalue weighted by Crippen LogP contribution is -2.47. The number of quaternary nitrogens is 1. The van der Waals surface area contributed by atoms with Gasteiger partial charge in [-0.15, -0.1) is 0 Å². The minimum Gasteiger partial charge on any atom is -0.756 e. The number of likely N-dealkylation sites (N-methyl/N-ethyl adjacent to an activating group) is 1. The average molecular weight is 1040 g/mol. The van der Waals surface area contributed by atoms with Crippen LogP contribution in [0.1, 0.15) is 252 Å². The minimum atomic E-state index is -4.71. The summed E-state index contributed by atoms with van der Waals surface area (Å²) < 4.78 is 30.2. The second-order valence-electron chi connectivity index (χ2n) is 21.1. The van der Waals surface area contributed by atoms with E-state index in [9.17, 15) is 19.0 Å². The Morgan fingerprint density at radius 2 is 0.877 bits per heavy atom. The summed E-state index contributed by atoms with van der Waals surface area (Å²) in [4.78, 5) is 39.9. The van der Waals surface area contributed by atoms with E-state index < -0.39 is 26.6 Å². The maximum absolute atomic E-state index is 13.5. The smallest absolute Gasteiger partial charge is 0.306 e. The first kappa shape index (κ1) is 70.2. The molecule has 0 aliphatic rings. The Morgan fingerprint density at radius 3 is 1.34 bits per heavy atom. The van der Waals surface area contributed by atoms with E-state index in [-0.39, 0.29) is 24.9 Å². The molecule has 0 radical (unpaired) electrons. The van der Waals surface area contributed by atoms with Gasteiger partial charge in [-0.2, -0.15) is 0 Å². The van der Waals surface area contributed by atoms with Crippen molar-refractivity contribution in [2.75, 3.05) is 40.9 Å². The lowest BCUT2D eigenvalue weighted by Gasteiger charge is -2.30. The van der Waals surface area contributed by atoms with Gasteiger partial charge in [0.1, 0.15) is 19.3 Å². The summed E-state index contributed by atoms with van der Waals surface area (Å²) in [6.07, 6.45) is 68.3. The second-order valence-corrected chi connectivity index (χ2v) is 22.5. The van der Waals surface area contributed by atoms with Crippen LogP contribution in [0.15, 0.2) is 85.1 Å². The first-order valence-electron chi connectivity index (χ1n) is 29.9. The molecule has 422 valence electrons. The maximum Gasteiger partial charge on any atom is 0.306 e. The number of phosphoric ester groups is 1. The molecular weight excluding hydrogens is 928 g/mol. The van der Waals surface area contributed by atoms with Crippen LogP contribution in [0, 0.1) is 0 Å². The van der Waals surface area contributed by atoms with Crippen LogP contribution in [0.2, 0.25) is 0 Å². The highest BCUT2D eigenvalue weighted by Crippen LogP contribution is 2.38. The van der Waals surface area contributed by atoms with Crippen molar-refractivity contribution in [2.45, 2.75) is 264 Å². The molecule has 9 nitrogen and oxygen atoms in total. The molecule has 0 aliphatic heterocycles. The number of unbranched alkanes of at least 4 members (excludes halogenated alkanes) is 25. The van der Waals surface area contributed by atoms with Crippen LogP contribution in [-0.2, 0) is 27.9 Å². The molecule has 1 N–H and O–H groups in total. The molecule has 0 saturated carbocycles. The number of rotatable bonds is 53. The van der Waals surface area contributed by atoms with E-state index >= 15 is 0 Å². The van der Waals surface area contributed by atoms with Gasteiger partial charge in [0.05, 0.1) is 33.8 Å². The zero-order valence-electron chi connectivity index (χ0n) is 48.1. The Balaban J connectivity index is 5.34. The van der Waals surface area contributed by atoms with Gasteiger partial charge >= 0.3 is 5.97 Å². The topological polar surface area (TPSA) is 114 Å². The number of nitrogens with one attached hydrogen (secondary N) is 1. The fraction of sp³-hybridized carbons (Fsp3) is 0.746. The van der Waals surface area contributed by atoms with Crippen LogP contribution in [-0.4, -0.2) is 69.4 Å². The normalized spacial score (nSPS) is 14.3. The van der Waals surface area contributed by atoms with Gasteiger partial charge in [-0.1, -0.05) is 222 Å². The van der Waals surface area contributed by atoms with Crippen LogP contribution in [0.25, 0.3) is 0 Å². The highest BCUT2D eigenvalue weighted by Gasteiger charge is 2.27. The lowest BCUT2D eigenvalue weighted by atomic mass is 10.1. The Bertz CT molecular complexity index is 1530. The van der Waals surface area contributed by atoms with Crippen molar-refractivity contribution in [1.82, 2.24) is 5.32 Å². The highest BCUT2D eigenvalue weighted by molar-refractivity contribution is 7.45. The van der Waals surface area contributed by atoms with Crippen LogP contribution < -0.4 is 10.2 Å². The molecule has 0 bridgehead atoms. The monoisotopic (exact) mass is 1040 g/mol. The molecule has 3 atom stereocenters. The summed E-state index contributed by atoms with van der Waals surface area (Å²) in [6.45, 7) is 6.69.